The van der Waals surface area contributed by atoms with Crippen molar-refractivity contribution < 1.29 is 14.3 Å². The van der Waals surface area contributed by atoms with Gasteiger partial charge in [-0.05, 0) is 26.0 Å². The number of para-hydroxylation sites is 1. The molecule has 3 rings (SSSR count). The van der Waals surface area contributed by atoms with Crippen LogP contribution in [0.5, 0.6) is 0 Å². The lowest BCUT2D eigenvalue weighted by Crippen LogP contribution is -2.51. The lowest BCUT2D eigenvalue weighted by molar-refractivity contribution is -0.147. The maximum absolute atomic E-state index is 12.4. The normalized spacial score (nSPS) is 19.9. The van der Waals surface area contributed by atoms with Crippen LogP contribution < -0.4 is 10.6 Å². The minimum absolute atomic E-state index is 0.255. The number of urea groups is 1. The molecule has 1 aromatic heterocycles. The van der Waals surface area contributed by atoms with Crippen LogP contribution in [-0.4, -0.2) is 28.4 Å². The number of hydrogen-bond donors (Lipinski definition) is 2. The van der Waals surface area contributed by atoms with Crippen LogP contribution in [0.15, 0.2) is 48.8 Å². The van der Waals surface area contributed by atoms with Crippen LogP contribution in [0.4, 0.5) is 4.79 Å². The highest BCUT2D eigenvalue weighted by Crippen LogP contribution is 2.32. The first-order valence-corrected chi connectivity index (χ1v) is 8.05. The molecule has 0 aliphatic carbocycles. The lowest BCUT2D eigenvalue weighted by Gasteiger charge is -2.32. The van der Waals surface area contributed by atoms with E-state index in [0.717, 1.165) is 16.9 Å². The highest BCUT2D eigenvalue weighted by molar-refractivity contribution is 5.85. The average molecular weight is 340 g/mol. The molecule has 0 radical (unpaired) electrons. The van der Waals surface area contributed by atoms with Crippen LogP contribution >= 0.6 is 0 Å². The number of rotatable bonds is 4. The molecule has 1 aliphatic heterocycles. The SMILES string of the molecule is C=C1NC(=O)N[C@H](c2cn(-c3ccccc3)nc2C)[C@H]1C(=O)OCC. The Hall–Kier alpha value is -3.09. The van der Waals surface area contributed by atoms with Gasteiger partial charge in [0.25, 0.3) is 0 Å². The van der Waals surface area contributed by atoms with Gasteiger partial charge in [-0.3, -0.25) is 4.79 Å². The van der Waals surface area contributed by atoms with Gasteiger partial charge in [0.15, 0.2) is 0 Å². The Labute approximate surface area is 145 Å². The van der Waals surface area contributed by atoms with Gasteiger partial charge in [-0.25, -0.2) is 9.48 Å². The number of nitrogens with zero attached hydrogens (tertiary/aromatic N) is 2. The molecule has 7 heteroatoms. The predicted octanol–water partition coefficient (Wildman–Crippen LogP) is 2.23. The summed E-state index contributed by atoms with van der Waals surface area (Å²) in [6, 6.07) is 8.63. The standard InChI is InChI=1S/C18H20N4O3/c1-4-25-17(23)15-12(3)19-18(24)20-16(15)14-10-22(21-11(14)2)13-8-6-5-7-9-13/h5-10,15-16H,3-4H2,1-2H3,(H2,19,20,24)/t15-,16+/m0/s1. The van der Waals surface area contributed by atoms with Gasteiger partial charge in [0.1, 0.15) is 5.92 Å². The Bertz CT molecular complexity index is 813. The van der Waals surface area contributed by atoms with Crippen LogP contribution in [0.2, 0.25) is 0 Å². The van der Waals surface area contributed by atoms with Crippen molar-refractivity contribution in [2.45, 2.75) is 19.9 Å². The third-order valence-corrected chi connectivity index (χ3v) is 4.10. The third-order valence-electron chi connectivity index (χ3n) is 4.10. The molecular weight excluding hydrogens is 320 g/mol. The molecule has 0 saturated carbocycles. The number of benzene rings is 1. The Morgan fingerprint density at radius 2 is 2.08 bits per heavy atom. The summed E-state index contributed by atoms with van der Waals surface area (Å²) < 4.78 is 6.88. The fraction of sp³-hybridized carbons (Fsp3) is 0.278. The van der Waals surface area contributed by atoms with Gasteiger partial charge in [-0.2, -0.15) is 5.10 Å². The molecule has 25 heavy (non-hydrogen) atoms. The average Bonchev–Trinajstić information content (AvgIpc) is 2.97. The van der Waals surface area contributed by atoms with Crippen molar-refractivity contribution >= 4 is 12.0 Å². The van der Waals surface area contributed by atoms with Gasteiger partial charge >= 0.3 is 12.0 Å². The Balaban J connectivity index is 2.00. The van der Waals surface area contributed by atoms with E-state index in [0.29, 0.717) is 5.70 Å². The summed E-state index contributed by atoms with van der Waals surface area (Å²) in [5.74, 6) is -1.15. The molecule has 2 N–H and O–H groups in total. The molecule has 1 fully saturated rings. The number of aryl methyl sites for hydroxylation is 1. The molecule has 130 valence electrons. The summed E-state index contributed by atoms with van der Waals surface area (Å²) in [5, 5.41) is 9.86. The van der Waals surface area contributed by atoms with Gasteiger partial charge in [0.2, 0.25) is 0 Å². The molecular formula is C18H20N4O3. The van der Waals surface area contributed by atoms with Gasteiger partial charge in [-0.15, -0.1) is 0 Å². The summed E-state index contributed by atoms with van der Waals surface area (Å²) in [7, 11) is 0. The van der Waals surface area contributed by atoms with Crippen LogP contribution in [-0.2, 0) is 9.53 Å². The number of hydrogen-bond acceptors (Lipinski definition) is 4. The number of esters is 1. The molecule has 2 aromatic rings. The summed E-state index contributed by atoms with van der Waals surface area (Å²) in [5.41, 5.74) is 2.68. The molecule has 7 nitrogen and oxygen atoms in total. The number of aromatic nitrogens is 2. The van der Waals surface area contributed by atoms with Crippen molar-refractivity contribution in [1.29, 1.82) is 0 Å². The first-order chi connectivity index (χ1) is 12.0. The lowest BCUT2D eigenvalue weighted by atomic mass is 9.89. The number of nitrogens with one attached hydrogen (secondary N) is 2. The highest BCUT2D eigenvalue weighted by Gasteiger charge is 2.40. The first-order valence-electron chi connectivity index (χ1n) is 8.05. The van der Waals surface area contributed by atoms with Crippen LogP contribution in [0.25, 0.3) is 5.69 Å². The molecule has 0 unspecified atom stereocenters. The van der Waals surface area contributed by atoms with Gasteiger partial charge in [0.05, 0.1) is 24.0 Å². The zero-order valence-corrected chi connectivity index (χ0v) is 14.2. The van der Waals surface area contributed by atoms with E-state index in [2.05, 4.69) is 22.3 Å². The second kappa shape index (κ2) is 6.80. The number of ether oxygens (including phenoxy) is 1. The Morgan fingerprint density at radius 3 is 2.76 bits per heavy atom. The molecule has 2 atom stereocenters. The van der Waals surface area contributed by atoms with E-state index in [4.69, 9.17) is 4.74 Å². The fourth-order valence-corrected chi connectivity index (χ4v) is 2.94. The maximum Gasteiger partial charge on any atom is 0.319 e. The minimum Gasteiger partial charge on any atom is -0.465 e. The second-order valence-corrected chi connectivity index (χ2v) is 5.78. The Kier molecular flexibility index (Phi) is 4.56. The maximum atomic E-state index is 12.4. The number of carbonyl (C=O) groups is 2. The molecule has 2 heterocycles. The topological polar surface area (TPSA) is 85.3 Å². The third kappa shape index (κ3) is 3.26. The van der Waals surface area contributed by atoms with Crippen molar-refractivity contribution in [2.24, 2.45) is 5.92 Å². The van der Waals surface area contributed by atoms with Gasteiger partial charge in [-0.1, -0.05) is 24.8 Å². The van der Waals surface area contributed by atoms with Crippen molar-refractivity contribution in [3.05, 3.63) is 60.1 Å². The molecule has 1 saturated heterocycles. The zero-order chi connectivity index (χ0) is 18.0. The Morgan fingerprint density at radius 1 is 1.36 bits per heavy atom. The molecule has 1 aromatic carbocycles. The van der Waals surface area contributed by atoms with E-state index < -0.39 is 24.0 Å². The fourth-order valence-electron chi connectivity index (χ4n) is 2.94. The minimum atomic E-state index is -0.718. The van der Waals surface area contributed by atoms with Crippen molar-refractivity contribution in [3.8, 4) is 5.69 Å². The first kappa shape index (κ1) is 16.8. The summed E-state index contributed by atoms with van der Waals surface area (Å²) in [4.78, 5) is 24.3. The van der Waals surface area contributed by atoms with E-state index in [1.54, 1.807) is 11.6 Å². The highest BCUT2D eigenvalue weighted by atomic mass is 16.5. The molecule has 1 aliphatic rings. The largest absolute Gasteiger partial charge is 0.465 e. The van der Waals surface area contributed by atoms with Crippen molar-refractivity contribution in [3.63, 3.8) is 0 Å². The number of amides is 2. The zero-order valence-electron chi connectivity index (χ0n) is 14.2. The summed E-state index contributed by atoms with van der Waals surface area (Å²) in [6.07, 6.45) is 1.82. The summed E-state index contributed by atoms with van der Waals surface area (Å²) >= 11 is 0. The quantitative estimate of drug-likeness (QED) is 0.836. The predicted molar refractivity (Wildman–Crippen MR) is 92.0 cm³/mol. The van der Waals surface area contributed by atoms with Crippen LogP contribution in [0.3, 0.4) is 0 Å². The number of carbonyl (C=O) groups excluding carboxylic acids is 2. The van der Waals surface area contributed by atoms with E-state index in [1.165, 1.54) is 0 Å². The second-order valence-electron chi connectivity index (χ2n) is 5.78. The molecule has 2 amide bonds. The van der Waals surface area contributed by atoms with E-state index >= 15 is 0 Å². The van der Waals surface area contributed by atoms with E-state index in [9.17, 15) is 9.59 Å². The van der Waals surface area contributed by atoms with E-state index in [1.807, 2.05) is 43.5 Å². The monoisotopic (exact) mass is 340 g/mol. The smallest absolute Gasteiger partial charge is 0.319 e. The van der Waals surface area contributed by atoms with Crippen molar-refractivity contribution in [1.82, 2.24) is 20.4 Å². The van der Waals surface area contributed by atoms with Crippen LogP contribution in [0.1, 0.15) is 24.2 Å². The van der Waals surface area contributed by atoms with E-state index in [-0.39, 0.29) is 6.61 Å². The van der Waals surface area contributed by atoms with Gasteiger partial charge in [0, 0.05) is 17.5 Å². The molecule has 0 spiro atoms. The van der Waals surface area contributed by atoms with Crippen molar-refractivity contribution in [2.75, 3.05) is 6.61 Å². The van der Waals surface area contributed by atoms with Gasteiger partial charge < -0.3 is 15.4 Å². The summed E-state index contributed by atoms with van der Waals surface area (Å²) in [6.45, 7) is 7.66. The van der Waals surface area contributed by atoms with Crippen LogP contribution in [0, 0.1) is 12.8 Å². The molecule has 0 bridgehead atoms.